The van der Waals surface area contributed by atoms with Crippen LogP contribution in [0.5, 0.6) is 0 Å². The van der Waals surface area contributed by atoms with Gasteiger partial charge in [0.05, 0.1) is 18.7 Å². The van der Waals surface area contributed by atoms with Crippen LogP contribution in [0.3, 0.4) is 0 Å². The minimum Gasteiger partial charge on any atom is -0.304 e. The number of carbonyl (C=O) groups excluding carboxylic acids is 1. The van der Waals surface area contributed by atoms with Crippen molar-refractivity contribution in [3.63, 3.8) is 0 Å². The first-order valence-corrected chi connectivity index (χ1v) is 9.84. The molecule has 8 heteroatoms. The normalized spacial score (nSPS) is 19.6. The molecule has 160 valence electrons. The molecule has 0 aliphatic carbocycles. The number of fused-ring (bicyclic) bond motifs is 1. The van der Waals surface area contributed by atoms with Crippen LogP contribution in [-0.2, 0) is 19.3 Å². The number of hydrogen-bond acceptors (Lipinski definition) is 2. The molecule has 0 atom stereocenters. The summed E-state index contributed by atoms with van der Waals surface area (Å²) in [5.74, 6) is -3.37. The van der Waals surface area contributed by atoms with Gasteiger partial charge in [0, 0.05) is 24.2 Å². The Bertz CT molecular complexity index is 943. The molecule has 1 saturated heterocycles. The molecule has 1 amide bonds. The van der Waals surface area contributed by atoms with Crippen LogP contribution in [0.15, 0.2) is 42.5 Å². The first-order chi connectivity index (χ1) is 14.1. The second-order valence-electron chi connectivity index (χ2n) is 7.92. The van der Waals surface area contributed by atoms with Gasteiger partial charge in [-0.25, -0.2) is 8.78 Å². The third-order valence-electron chi connectivity index (χ3n) is 5.60. The third kappa shape index (κ3) is 4.19. The van der Waals surface area contributed by atoms with E-state index in [2.05, 4.69) is 0 Å². The van der Waals surface area contributed by atoms with Crippen LogP contribution in [0.1, 0.15) is 46.3 Å². The number of likely N-dealkylation sites (tertiary alicyclic amines) is 1. The first kappa shape index (κ1) is 20.8. The minimum absolute atomic E-state index is 0.00902. The molecule has 3 nitrogen and oxygen atoms in total. The molecule has 2 aromatic carbocycles. The molecule has 2 aromatic rings. The number of hydrogen-bond donors (Lipinski definition) is 0. The van der Waals surface area contributed by atoms with E-state index in [1.807, 2.05) is 0 Å². The van der Waals surface area contributed by atoms with Gasteiger partial charge < -0.3 is 4.90 Å². The van der Waals surface area contributed by atoms with E-state index in [1.165, 1.54) is 15.9 Å². The standard InChI is InChI=1S/C22H21F5N2O/c23-21(24)8-4-5-9-28(14-21)12-15-10-17-18(19(11-15)22(25,26)27)13-29(20(17)30)16-6-2-1-3-7-16/h1-3,6-7,10-11H,4-5,8-9,12-14H2. The van der Waals surface area contributed by atoms with Crippen molar-refractivity contribution in [1.82, 2.24) is 4.90 Å². The summed E-state index contributed by atoms with van der Waals surface area (Å²) in [6, 6.07) is 10.9. The number of amides is 1. The van der Waals surface area contributed by atoms with Crippen molar-refractivity contribution in [2.45, 2.75) is 44.5 Å². The van der Waals surface area contributed by atoms with Crippen LogP contribution in [0.2, 0.25) is 0 Å². The maximum atomic E-state index is 13.9. The highest BCUT2D eigenvalue weighted by Crippen LogP contribution is 2.40. The molecule has 30 heavy (non-hydrogen) atoms. The lowest BCUT2D eigenvalue weighted by Gasteiger charge is -2.24. The summed E-state index contributed by atoms with van der Waals surface area (Å²) in [5, 5.41) is 0. The van der Waals surface area contributed by atoms with Gasteiger partial charge >= 0.3 is 6.18 Å². The summed E-state index contributed by atoms with van der Waals surface area (Å²) < 4.78 is 69.2. The van der Waals surface area contributed by atoms with Gasteiger partial charge in [0.1, 0.15) is 0 Å². The van der Waals surface area contributed by atoms with Crippen LogP contribution >= 0.6 is 0 Å². The van der Waals surface area contributed by atoms with Gasteiger partial charge in [0.2, 0.25) is 0 Å². The zero-order chi connectivity index (χ0) is 21.5. The SMILES string of the molecule is O=C1c2cc(CN3CCCCC(F)(F)C3)cc(C(F)(F)F)c2CN1c1ccccc1. The van der Waals surface area contributed by atoms with E-state index >= 15 is 0 Å². The minimum atomic E-state index is -4.64. The molecule has 0 unspecified atom stereocenters. The summed E-state index contributed by atoms with van der Waals surface area (Å²) in [6.07, 6.45) is -3.92. The Morgan fingerprint density at radius 2 is 1.77 bits per heavy atom. The number of anilines is 1. The Morgan fingerprint density at radius 3 is 2.47 bits per heavy atom. The molecule has 0 aromatic heterocycles. The maximum absolute atomic E-state index is 13.9. The summed E-state index contributed by atoms with van der Waals surface area (Å²) in [7, 11) is 0. The highest BCUT2D eigenvalue weighted by molar-refractivity contribution is 6.10. The molecule has 0 N–H and O–H groups in total. The van der Waals surface area contributed by atoms with Gasteiger partial charge in [-0.3, -0.25) is 9.69 Å². The average Bonchev–Trinajstić information content (AvgIpc) is 2.90. The number of carbonyl (C=O) groups is 1. The number of halogens is 5. The predicted octanol–water partition coefficient (Wildman–Crippen LogP) is 5.49. The molecule has 2 aliphatic rings. The first-order valence-electron chi connectivity index (χ1n) is 9.84. The van der Waals surface area contributed by atoms with E-state index in [1.54, 1.807) is 30.3 Å². The lowest BCUT2D eigenvalue weighted by atomic mass is 9.98. The fraction of sp³-hybridized carbons (Fsp3) is 0.409. The van der Waals surface area contributed by atoms with E-state index < -0.39 is 30.1 Å². The van der Waals surface area contributed by atoms with E-state index in [-0.39, 0.29) is 36.2 Å². The van der Waals surface area contributed by atoms with Crippen LogP contribution < -0.4 is 4.90 Å². The number of nitrogens with zero attached hydrogens (tertiary/aromatic N) is 2. The summed E-state index contributed by atoms with van der Waals surface area (Å²) in [5.41, 5.74) is -0.211. The Labute approximate surface area is 171 Å². The second kappa shape index (κ2) is 7.65. The number of alkyl halides is 5. The third-order valence-corrected chi connectivity index (χ3v) is 5.60. The second-order valence-corrected chi connectivity index (χ2v) is 7.92. The van der Waals surface area contributed by atoms with Crippen molar-refractivity contribution in [2.24, 2.45) is 0 Å². The number of rotatable bonds is 3. The topological polar surface area (TPSA) is 23.6 Å². The number of benzene rings is 2. The van der Waals surface area contributed by atoms with Crippen LogP contribution in [0.25, 0.3) is 0 Å². The Morgan fingerprint density at radius 1 is 1.03 bits per heavy atom. The highest BCUT2D eigenvalue weighted by Gasteiger charge is 2.41. The van der Waals surface area contributed by atoms with Gasteiger partial charge in [0.15, 0.2) is 0 Å². The molecule has 0 radical (unpaired) electrons. The number of para-hydroxylation sites is 1. The van der Waals surface area contributed by atoms with Crippen molar-refractivity contribution in [3.8, 4) is 0 Å². The molecular weight excluding hydrogens is 403 g/mol. The zero-order valence-corrected chi connectivity index (χ0v) is 16.2. The Balaban J connectivity index is 1.69. The molecule has 0 spiro atoms. The largest absolute Gasteiger partial charge is 0.416 e. The smallest absolute Gasteiger partial charge is 0.304 e. The maximum Gasteiger partial charge on any atom is 0.416 e. The van der Waals surface area contributed by atoms with Gasteiger partial charge in [-0.1, -0.05) is 18.2 Å². The molecule has 4 rings (SSSR count). The van der Waals surface area contributed by atoms with E-state index in [0.29, 0.717) is 25.1 Å². The summed E-state index contributed by atoms with van der Waals surface area (Å²) >= 11 is 0. The lowest BCUT2D eigenvalue weighted by molar-refractivity contribution is -0.138. The predicted molar refractivity (Wildman–Crippen MR) is 102 cm³/mol. The molecular formula is C22H21F5N2O. The monoisotopic (exact) mass is 424 g/mol. The fourth-order valence-electron chi connectivity index (χ4n) is 4.23. The van der Waals surface area contributed by atoms with Crippen LogP contribution in [0.4, 0.5) is 27.6 Å². The van der Waals surface area contributed by atoms with Gasteiger partial charge in [0.25, 0.3) is 11.8 Å². The lowest BCUT2D eigenvalue weighted by Crippen LogP contribution is -2.34. The van der Waals surface area contributed by atoms with Crippen molar-refractivity contribution in [1.29, 1.82) is 0 Å². The van der Waals surface area contributed by atoms with Crippen LogP contribution in [0, 0.1) is 0 Å². The fourth-order valence-corrected chi connectivity index (χ4v) is 4.23. The van der Waals surface area contributed by atoms with Crippen molar-refractivity contribution in [3.05, 3.63) is 64.7 Å². The Kier molecular flexibility index (Phi) is 5.30. The van der Waals surface area contributed by atoms with E-state index in [4.69, 9.17) is 0 Å². The van der Waals surface area contributed by atoms with Gasteiger partial charge in [-0.05, 0) is 54.8 Å². The van der Waals surface area contributed by atoms with E-state index in [9.17, 15) is 26.7 Å². The average molecular weight is 424 g/mol. The van der Waals surface area contributed by atoms with Crippen LogP contribution in [-0.4, -0.2) is 29.8 Å². The zero-order valence-electron chi connectivity index (χ0n) is 16.2. The van der Waals surface area contributed by atoms with Gasteiger partial charge in [-0.2, -0.15) is 13.2 Å². The summed E-state index contributed by atoms with van der Waals surface area (Å²) in [4.78, 5) is 15.7. The van der Waals surface area contributed by atoms with Crippen molar-refractivity contribution in [2.75, 3.05) is 18.0 Å². The quantitative estimate of drug-likeness (QED) is 0.609. The van der Waals surface area contributed by atoms with Crippen molar-refractivity contribution >= 4 is 11.6 Å². The van der Waals surface area contributed by atoms with E-state index in [0.717, 1.165) is 6.07 Å². The van der Waals surface area contributed by atoms with Crippen molar-refractivity contribution < 1.29 is 26.7 Å². The molecule has 1 fully saturated rings. The Hall–Kier alpha value is -2.48. The molecule has 2 aliphatic heterocycles. The molecule has 0 bridgehead atoms. The molecule has 2 heterocycles. The van der Waals surface area contributed by atoms with Gasteiger partial charge in [-0.15, -0.1) is 0 Å². The highest BCUT2D eigenvalue weighted by atomic mass is 19.4. The summed E-state index contributed by atoms with van der Waals surface area (Å²) in [6.45, 7) is -0.326. The molecule has 0 saturated carbocycles.